The van der Waals surface area contributed by atoms with E-state index in [0.29, 0.717) is 25.1 Å². The quantitative estimate of drug-likeness (QED) is 0.643. The molecular weight excluding hydrogens is 406 g/mol. The van der Waals surface area contributed by atoms with E-state index >= 15 is 0 Å². The van der Waals surface area contributed by atoms with Crippen LogP contribution in [0.5, 0.6) is 5.75 Å². The SMILES string of the molecule is COc1ccccc1CNC(=O)C(=O)NCC1CCCN1S(=O)(=O)c1ccccc1. The molecule has 3 rings (SSSR count). The molecular formula is C21H25N3O5S. The Kier molecular flexibility index (Phi) is 7.07. The highest BCUT2D eigenvalue weighted by atomic mass is 32.2. The Balaban J connectivity index is 1.55. The highest BCUT2D eigenvalue weighted by molar-refractivity contribution is 7.89. The smallest absolute Gasteiger partial charge is 0.309 e. The van der Waals surface area contributed by atoms with Gasteiger partial charge in [-0.3, -0.25) is 9.59 Å². The third kappa shape index (κ3) is 4.98. The van der Waals surface area contributed by atoms with E-state index in [1.54, 1.807) is 42.5 Å². The first-order chi connectivity index (χ1) is 14.4. The first-order valence-corrected chi connectivity index (χ1v) is 11.1. The van der Waals surface area contributed by atoms with Crippen LogP contribution in [-0.2, 0) is 26.2 Å². The number of nitrogens with one attached hydrogen (secondary N) is 2. The Morgan fingerprint density at radius 3 is 2.43 bits per heavy atom. The summed E-state index contributed by atoms with van der Waals surface area (Å²) in [4.78, 5) is 24.5. The highest BCUT2D eigenvalue weighted by Gasteiger charge is 2.35. The second-order valence-corrected chi connectivity index (χ2v) is 8.82. The summed E-state index contributed by atoms with van der Waals surface area (Å²) in [5, 5.41) is 5.11. The van der Waals surface area contributed by atoms with Gasteiger partial charge in [0.15, 0.2) is 0 Å². The molecule has 1 unspecified atom stereocenters. The van der Waals surface area contributed by atoms with Crippen molar-refractivity contribution in [3.8, 4) is 5.75 Å². The Hall–Kier alpha value is -2.91. The number of benzene rings is 2. The van der Waals surface area contributed by atoms with Crippen molar-refractivity contribution in [2.45, 2.75) is 30.3 Å². The van der Waals surface area contributed by atoms with Gasteiger partial charge in [-0.2, -0.15) is 4.31 Å². The van der Waals surface area contributed by atoms with Crippen LogP contribution in [-0.4, -0.2) is 50.8 Å². The molecule has 0 radical (unpaired) electrons. The third-order valence-corrected chi connectivity index (χ3v) is 6.98. The molecule has 1 fully saturated rings. The van der Waals surface area contributed by atoms with Gasteiger partial charge >= 0.3 is 11.8 Å². The van der Waals surface area contributed by atoms with E-state index < -0.39 is 21.8 Å². The van der Waals surface area contributed by atoms with Gasteiger partial charge in [-0.15, -0.1) is 0 Å². The topological polar surface area (TPSA) is 105 Å². The Labute approximate surface area is 176 Å². The molecule has 30 heavy (non-hydrogen) atoms. The summed E-state index contributed by atoms with van der Waals surface area (Å²) >= 11 is 0. The first kappa shape index (κ1) is 21.8. The average molecular weight is 432 g/mol. The normalized spacial score (nSPS) is 16.8. The minimum absolute atomic E-state index is 0.0764. The summed E-state index contributed by atoms with van der Waals surface area (Å²) in [6.07, 6.45) is 1.32. The molecule has 9 heteroatoms. The van der Waals surface area contributed by atoms with Crippen molar-refractivity contribution in [3.05, 3.63) is 60.2 Å². The fourth-order valence-corrected chi connectivity index (χ4v) is 5.17. The number of ether oxygens (including phenoxy) is 1. The van der Waals surface area contributed by atoms with Crippen molar-refractivity contribution in [3.63, 3.8) is 0 Å². The van der Waals surface area contributed by atoms with Crippen molar-refractivity contribution >= 4 is 21.8 Å². The van der Waals surface area contributed by atoms with Crippen LogP contribution in [0, 0.1) is 0 Å². The largest absolute Gasteiger partial charge is 0.496 e. The molecule has 160 valence electrons. The zero-order chi connectivity index (χ0) is 21.6. The fraction of sp³-hybridized carbons (Fsp3) is 0.333. The van der Waals surface area contributed by atoms with Crippen LogP contribution >= 0.6 is 0 Å². The van der Waals surface area contributed by atoms with Crippen LogP contribution in [0.15, 0.2) is 59.5 Å². The lowest BCUT2D eigenvalue weighted by molar-refractivity contribution is -0.139. The lowest BCUT2D eigenvalue weighted by Crippen LogP contribution is -2.46. The van der Waals surface area contributed by atoms with Gasteiger partial charge in [-0.1, -0.05) is 36.4 Å². The van der Waals surface area contributed by atoms with Gasteiger partial charge in [-0.25, -0.2) is 8.42 Å². The summed E-state index contributed by atoms with van der Waals surface area (Å²) in [7, 11) is -2.11. The Morgan fingerprint density at radius 1 is 1.03 bits per heavy atom. The third-order valence-electron chi connectivity index (χ3n) is 5.01. The summed E-state index contributed by atoms with van der Waals surface area (Å²) in [5.74, 6) is -0.962. The molecule has 2 amide bonds. The Bertz CT molecular complexity index is 995. The second kappa shape index (κ2) is 9.73. The minimum atomic E-state index is -3.64. The molecule has 2 aromatic carbocycles. The van der Waals surface area contributed by atoms with Gasteiger partial charge in [-0.05, 0) is 31.0 Å². The predicted octanol–water partition coefficient (Wildman–Crippen LogP) is 1.28. The van der Waals surface area contributed by atoms with E-state index in [0.717, 1.165) is 5.56 Å². The van der Waals surface area contributed by atoms with Crippen molar-refractivity contribution < 1.29 is 22.7 Å². The maximum absolute atomic E-state index is 12.9. The number of sulfonamides is 1. The molecule has 0 bridgehead atoms. The van der Waals surface area contributed by atoms with Gasteiger partial charge in [0, 0.05) is 31.2 Å². The van der Waals surface area contributed by atoms with Crippen LogP contribution < -0.4 is 15.4 Å². The van der Waals surface area contributed by atoms with Crippen molar-refractivity contribution in [2.24, 2.45) is 0 Å². The van der Waals surface area contributed by atoms with Gasteiger partial charge in [0.05, 0.1) is 12.0 Å². The average Bonchev–Trinajstić information content (AvgIpc) is 3.26. The van der Waals surface area contributed by atoms with Gasteiger partial charge in [0.2, 0.25) is 10.0 Å². The number of hydrogen-bond acceptors (Lipinski definition) is 5. The van der Waals surface area contributed by atoms with Crippen LogP contribution in [0.1, 0.15) is 18.4 Å². The molecule has 2 aromatic rings. The number of para-hydroxylation sites is 1. The monoisotopic (exact) mass is 431 g/mol. The van der Waals surface area contributed by atoms with Crippen molar-refractivity contribution in [1.29, 1.82) is 0 Å². The number of carbonyl (C=O) groups excluding carboxylic acids is 2. The van der Waals surface area contributed by atoms with E-state index in [2.05, 4.69) is 10.6 Å². The fourth-order valence-electron chi connectivity index (χ4n) is 3.45. The number of nitrogens with zero attached hydrogens (tertiary/aromatic N) is 1. The number of rotatable bonds is 7. The molecule has 8 nitrogen and oxygen atoms in total. The molecule has 1 saturated heterocycles. The summed E-state index contributed by atoms with van der Waals surface area (Å²) in [6.45, 7) is 0.610. The van der Waals surface area contributed by atoms with E-state index in [1.807, 2.05) is 12.1 Å². The molecule has 0 aromatic heterocycles. The first-order valence-electron chi connectivity index (χ1n) is 9.68. The van der Waals surface area contributed by atoms with Crippen LogP contribution in [0.25, 0.3) is 0 Å². The predicted molar refractivity (Wildman–Crippen MR) is 111 cm³/mol. The number of carbonyl (C=O) groups is 2. The molecule has 0 aliphatic carbocycles. The van der Waals surface area contributed by atoms with Gasteiger partial charge < -0.3 is 15.4 Å². The maximum Gasteiger partial charge on any atom is 0.309 e. The highest BCUT2D eigenvalue weighted by Crippen LogP contribution is 2.25. The summed E-state index contributed by atoms with van der Waals surface area (Å²) < 4.78 is 32.3. The molecule has 1 aliphatic rings. The lowest BCUT2D eigenvalue weighted by Gasteiger charge is -2.24. The van der Waals surface area contributed by atoms with Crippen LogP contribution in [0.2, 0.25) is 0 Å². The maximum atomic E-state index is 12.9. The number of hydrogen-bond donors (Lipinski definition) is 2. The molecule has 0 spiro atoms. The Morgan fingerprint density at radius 2 is 1.70 bits per heavy atom. The van der Waals surface area contributed by atoms with Crippen molar-refractivity contribution in [1.82, 2.24) is 14.9 Å². The van der Waals surface area contributed by atoms with E-state index in [1.165, 1.54) is 11.4 Å². The molecule has 1 aliphatic heterocycles. The van der Waals surface area contributed by atoms with E-state index in [4.69, 9.17) is 4.74 Å². The standard InChI is InChI=1S/C21H25N3O5S/c1-29-19-12-6-5-8-16(19)14-22-20(25)21(26)23-15-17-9-7-13-24(17)30(27,28)18-10-3-2-4-11-18/h2-6,8,10-12,17H,7,9,13-15H2,1H3,(H,22,25)(H,23,26). The number of methoxy groups -OCH3 is 1. The number of amides is 2. The molecule has 1 heterocycles. The zero-order valence-corrected chi connectivity index (χ0v) is 17.5. The van der Waals surface area contributed by atoms with Crippen molar-refractivity contribution in [2.75, 3.05) is 20.2 Å². The molecule has 1 atom stereocenters. The summed E-state index contributed by atoms with van der Waals surface area (Å²) in [6, 6.07) is 15.0. The van der Waals surface area contributed by atoms with Crippen LogP contribution in [0.4, 0.5) is 0 Å². The summed E-state index contributed by atoms with van der Waals surface area (Å²) in [5.41, 5.74) is 0.747. The minimum Gasteiger partial charge on any atom is -0.496 e. The van der Waals surface area contributed by atoms with Gasteiger partial charge in [0.25, 0.3) is 0 Å². The van der Waals surface area contributed by atoms with E-state index in [9.17, 15) is 18.0 Å². The second-order valence-electron chi connectivity index (χ2n) is 6.93. The molecule has 2 N–H and O–H groups in total. The van der Waals surface area contributed by atoms with Crippen LogP contribution in [0.3, 0.4) is 0 Å². The van der Waals surface area contributed by atoms with Gasteiger partial charge in [0.1, 0.15) is 5.75 Å². The zero-order valence-electron chi connectivity index (χ0n) is 16.7. The van der Waals surface area contributed by atoms with E-state index in [-0.39, 0.29) is 24.0 Å². The lowest BCUT2D eigenvalue weighted by atomic mass is 10.2. The molecule has 0 saturated carbocycles.